The molecule has 13 nitrogen and oxygen atoms in total. The third-order valence-corrected chi connectivity index (χ3v) is 5.64. The number of hydrogen-bond donors (Lipinski definition) is 5. The number of alkyl halides is 1. The quantitative estimate of drug-likeness (QED) is 0.0776. The number of amidine groups is 1. The van der Waals surface area contributed by atoms with Crippen molar-refractivity contribution in [2.45, 2.75) is 13.0 Å². The predicted octanol–water partition coefficient (Wildman–Crippen LogP) is 2.44. The van der Waals surface area contributed by atoms with E-state index in [1.165, 1.54) is 56.5 Å². The Kier molecular flexibility index (Phi) is 8.45. The largest absolute Gasteiger partial charge is 0.497 e. The molecule has 0 unspecified atom stereocenters. The molecule has 4 rings (SSSR count). The summed E-state index contributed by atoms with van der Waals surface area (Å²) in [6.07, 6.45) is 0. The minimum atomic E-state index is -1.22. The van der Waals surface area contributed by atoms with Crippen molar-refractivity contribution in [2.75, 3.05) is 31.4 Å². The summed E-state index contributed by atoms with van der Waals surface area (Å²) in [7, 11) is 1.35. The molecule has 0 saturated carbocycles. The van der Waals surface area contributed by atoms with Crippen LogP contribution in [0, 0.1) is 11.2 Å². The molecule has 0 fully saturated rings. The first-order chi connectivity index (χ1) is 19.6. The Labute approximate surface area is 231 Å². The zero-order valence-electron chi connectivity index (χ0n) is 21.9. The molecule has 0 spiro atoms. The van der Waals surface area contributed by atoms with Gasteiger partial charge in [0.05, 0.1) is 12.7 Å². The Morgan fingerprint density at radius 1 is 1.22 bits per heavy atom. The van der Waals surface area contributed by atoms with Crippen LogP contribution in [0.15, 0.2) is 53.3 Å². The van der Waals surface area contributed by atoms with Crippen molar-refractivity contribution in [1.82, 2.24) is 19.7 Å². The summed E-state index contributed by atoms with van der Waals surface area (Å²) in [6.45, 7) is -0.0917. The van der Waals surface area contributed by atoms with Gasteiger partial charge in [-0.15, -0.1) is 5.10 Å². The number of carbonyl (C=O) groups is 1. The summed E-state index contributed by atoms with van der Waals surface area (Å²) in [5, 5.41) is 15.1. The van der Waals surface area contributed by atoms with Crippen LogP contribution in [0.5, 0.6) is 17.2 Å². The Hall–Kier alpha value is -5.47. The van der Waals surface area contributed by atoms with Crippen LogP contribution < -0.4 is 36.7 Å². The lowest BCUT2D eigenvalue weighted by Crippen LogP contribution is -2.18. The summed E-state index contributed by atoms with van der Waals surface area (Å²) in [6, 6.07) is 10.3. The number of benzene rings is 2. The molecule has 2 heterocycles. The van der Waals surface area contributed by atoms with Gasteiger partial charge in [-0.25, -0.2) is 18.6 Å². The zero-order valence-corrected chi connectivity index (χ0v) is 21.9. The number of carbonyl (C=O) groups excluding carboxylic acids is 1. The summed E-state index contributed by atoms with van der Waals surface area (Å²) in [5.74, 6) is -1.85. The van der Waals surface area contributed by atoms with E-state index >= 15 is 4.39 Å². The van der Waals surface area contributed by atoms with E-state index in [0.29, 0.717) is 0 Å². The number of halogens is 2. The van der Waals surface area contributed by atoms with E-state index in [-0.39, 0.29) is 57.4 Å². The maximum Gasteiger partial charge on any atom is 0.349 e. The van der Waals surface area contributed by atoms with Crippen molar-refractivity contribution < 1.29 is 27.8 Å². The maximum absolute atomic E-state index is 15.8. The van der Waals surface area contributed by atoms with Gasteiger partial charge in [-0.2, -0.15) is 4.68 Å². The Morgan fingerprint density at radius 2 is 2.00 bits per heavy atom. The van der Waals surface area contributed by atoms with Gasteiger partial charge in [0.25, 0.3) is 0 Å². The normalized spacial score (nSPS) is 11.5. The van der Waals surface area contributed by atoms with E-state index in [1.54, 1.807) is 6.07 Å². The lowest BCUT2D eigenvalue weighted by Gasteiger charge is -2.21. The van der Waals surface area contributed by atoms with Gasteiger partial charge < -0.3 is 31.0 Å². The number of nitrogens with one attached hydrogen (secondary N) is 3. The van der Waals surface area contributed by atoms with Crippen LogP contribution in [0.4, 0.5) is 20.3 Å². The number of H-pyrrole nitrogens is 1. The fraction of sp³-hybridized carbons (Fsp3) is 0.192. The molecule has 0 amide bonds. The molecule has 15 heteroatoms. The van der Waals surface area contributed by atoms with E-state index in [2.05, 4.69) is 20.4 Å². The van der Waals surface area contributed by atoms with Gasteiger partial charge in [0.15, 0.2) is 23.2 Å². The lowest BCUT2D eigenvalue weighted by molar-refractivity contribution is -0.131. The van der Waals surface area contributed by atoms with Crippen LogP contribution >= 0.6 is 0 Å². The maximum atomic E-state index is 15.8. The van der Waals surface area contributed by atoms with Crippen LogP contribution in [0.3, 0.4) is 0 Å². The van der Waals surface area contributed by atoms with Gasteiger partial charge in [0.2, 0.25) is 0 Å². The van der Waals surface area contributed by atoms with Gasteiger partial charge in [0.1, 0.15) is 42.5 Å². The van der Waals surface area contributed by atoms with Crippen LogP contribution in [0.1, 0.15) is 29.9 Å². The van der Waals surface area contributed by atoms with Crippen molar-refractivity contribution in [3.63, 3.8) is 0 Å². The number of nitrogen functional groups attached to an aromatic ring is 2. The first kappa shape index (κ1) is 28.5. The van der Waals surface area contributed by atoms with Crippen molar-refractivity contribution in [3.05, 3.63) is 81.8 Å². The van der Waals surface area contributed by atoms with Crippen LogP contribution in [-0.2, 0) is 4.79 Å². The van der Waals surface area contributed by atoms with Crippen molar-refractivity contribution in [1.29, 1.82) is 5.41 Å². The van der Waals surface area contributed by atoms with E-state index in [9.17, 15) is 14.0 Å². The van der Waals surface area contributed by atoms with Crippen molar-refractivity contribution in [2.24, 2.45) is 5.73 Å². The van der Waals surface area contributed by atoms with Gasteiger partial charge >= 0.3 is 11.7 Å². The lowest BCUT2D eigenvalue weighted by atomic mass is 10.0. The average Bonchev–Trinajstić information content (AvgIpc) is 3.32. The highest BCUT2D eigenvalue weighted by atomic mass is 19.1. The predicted molar refractivity (Wildman–Crippen MR) is 145 cm³/mol. The molecular weight excluding hydrogens is 542 g/mol. The number of pyridine rings is 1. The molecule has 0 radical (unpaired) electrons. The Balaban J connectivity index is 1.89. The standard InChI is InChI=1S/C26H26F2N8O5/c1-13(37)41-18-10-14(6-7-16(18)24(30)31)32-23(17-11-15(39-2)12-19(22(17)28)40-9-8-27)25-34-26(38)36(35-25)21-5-3-4-20(29)33-21/h3-7,10-12,23,32H,8-9H2,1-2H3,(H2,29,33)(H3,30,31)(H,34,35,38)/t23-/m0/s1. The number of rotatable bonds is 11. The fourth-order valence-electron chi connectivity index (χ4n) is 3.89. The highest BCUT2D eigenvalue weighted by Crippen LogP contribution is 2.36. The summed E-state index contributed by atoms with van der Waals surface area (Å²) in [5.41, 5.74) is 11.0. The summed E-state index contributed by atoms with van der Waals surface area (Å²) < 4.78 is 45.4. The van der Waals surface area contributed by atoms with Gasteiger partial charge in [0, 0.05) is 30.3 Å². The van der Waals surface area contributed by atoms with E-state index in [0.717, 1.165) is 4.68 Å². The molecule has 0 aliphatic carbocycles. The van der Waals surface area contributed by atoms with Crippen molar-refractivity contribution in [3.8, 4) is 23.1 Å². The number of ether oxygens (including phenoxy) is 3. The molecule has 0 aliphatic rings. The third-order valence-electron chi connectivity index (χ3n) is 5.64. The number of methoxy groups -OCH3 is 1. The Morgan fingerprint density at radius 3 is 2.66 bits per heavy atom. The molecule has 4 aromatic rings. The Bertz CT molecular complexity index is 1660. The van der Waals surface area contributed by atoms with E-state index < -0.39 is 36.8 Å². The molecule has 2 aromatic heterocycles. The van der Waals surface area contributed by atoms with Gasteiger partial charge in [-0.3, -0.25) is 15.2 Å². The second-order valence-electron chi connectivity index (χ2n) is 8.51. The van der Waals surface area contributed by atoms with E-state index in [4.69, 9.17) is 31.1 Å². The number of hydrogen-bond acceptors (Lipinski definition) is 10. The SMILES string of the molecule is COc1cc(OCCF)c(F)c([C@H](Nc2ccc(C(=N)N)c(OC(C)=O)c2)c2nn(-c3cccc(N)n3)c(=O)[nH]2)c1. The fourth-order valence-corrected chi connectivity index (χ4v) is 3.89. The second kappa shape index (κ2) is 12.1. The van der Waals surface area contributed by atoms with Gasteiger partial charge in [-0.05, 0) is 30.3 Å². The van der Waals surface area contributed by atoms with E-state index in [1.807, 2.05) is 0 Å². The number of aromatic amines is 1. The second-order valence-corrected chi connectivity index (χ2v) is 8.51. The first-order valence-electron chi connectivity index (χ1n) is 12.0. The number of aromatic nitrogens is 4. The number of esters is 1. The number of nitrogens with two attached hydrogens (primary N) is 2. The summed E-state index contributed by atoms with van der Waals surface area (Å²) >= 11 is 0. The minimum Gasteiger partial charge on any atom is -0.497 e. The van der Waals surface area contributed by atoms with Crippen LogP contribution in [0.25, 0.3) is 5.82 Å². The smallest absolute Gasteiger partial charge is 0.349 e. The molecule has 41 heavy (non-hydrogen) atoms. The zero-order chi connectivity index (χ0) is 29.7. The molecule has 0 aliphatic heterocycles. The first-order valence-corrected chi connectivity index (χ1v) is 12.0. The molecule has 7 N–H and O–H groups in total. The highest BCUT2D eigenvalue weighted by Gasteiger charge is 2.27. The van der Waals surface area contributed by atoms with Crippen molar-refractivity contribution >= 4 is 23.3 Å². The number of anilines is 2. The topological polar surface area (TPSA) is 196 Å². The molecule has 214 valence electrons. The van der Waals surface area contributed by atoms with Gasteiger partial charge in [-0.1, -0.05) is 6.07 Å². The van der Waals surface area contributed by atoms with Crippen LogP contribution in [-0.4, -0.2) is 51.9 Å². The average molecular weight is 569 g/mol. The molecular formula is C26H26F2N8O5. The number of nitrogens with zero attached hydrogens (tertiary/aromatic N) is 3. The molecule has 2 aromatic carbocycles. The summed E-state index contributed by atoms with van der Waals surface area (Å²) in [4.78, 5) is 31.3. The molecule has 0 bridgehead atoms. The van der Waals surface area contributed by atoms with Crippen LogP contribution in [0.2, 0.25) is 0 Å². The molecule has 1 atom stereocenters. The minimum absolute atomic E-state index is 0.0326. The monoisotopic (exact) mass is 568 g/mol. The highest BCUT2D eigenvalue weighted by molar-refractivity contribution is 5.98. The molecule has 0 saturated heterocycles. The third kappa shape index (κ3) is 6.41.